The van der Waals surface area contributed by atoms with Gasteiger partial charge in [-0.1, -0.05) is 30.3 Å². The van der Waals surface area contributed by atoms with Gasteiger partial charge in [0, 0.05) is 17.1 Å². The summed E-state index contributed by atoms with van der Waals surface area (Å²) < 4.78 is 21.7. The van der Waals surface area contributed by atoms with Crippen LogP contribution < -0.4 is 4.90 Å². The van der Waals surface area contributed by atoms with Gasteiger partial charge in [-0.05, 0) is 75.6 Å². The summed E-state index contributed by atoms with van der Waals surface area (Å²) in [6.45, 7) is 9.73. The third kappa shape index (κ3) is 3.65. The van der Waals surface area contributed by atoms with Crippen LogP contribution in [0.3, 0.4) is 0 Å². The van der Waals surface area contributed by atoms with E-state index in [1.807, 2.05) is 26.0 Å². The van der Waals surface area contributed by atoms with Crippen LogP contribution in [0.25, 0.3) is 11.8 Å². The summed E-state index contributed by atoms with van der Waals surface area (Å²) in [5.74, 6) is -1.66. The van der Waals surface area contributed by atoms with E-state index in [-0.39, 0.29) is 16.8 Å². The molecule has 3 aromatic rings. The zero-order chi connectivity index (χ0) is 24.7. The molecule has 2 aromatic carbocycles. The van der Waals surface area contributed by atoms with Crippen molar-refractivity contribution in [2.75, 3.05) is 12.0 Å². The number of anilines is 1. The molecule has 0 aliphatic carbocycles. The molecule has 4 rings (SSSR count). The van der Waals surface area contributed by atoms with Gasteiger partial charge in [0.05, 0.1) is 29.6 Å². The molecular formula is C28H27FN2O3. The highest BCUT2D eigenvalue weighted by molar-refractivity contribution is 6.23. The van der Waals surface area contributed by atoms with E-state index in [1.54, 1.807) is 25.1 Å². The van der Waals surface area contributed by atoms with Crippen molar-refractivity contribution in [3.63, 3.8) is 0 Å². The van der Waals surface area contributed by atoms with E-state index in [9.17, 15) is 14.0 Å². The molecule has 0 N–H and O–H groups in total. The van der Waals surface area contributed by atoms with E-state index in [4.69, 9.17) is 4.74 Å². The highest BCUT2D eigenvalue weighted by Crippen LogP contribution is 2.37. The van der Waals surface area contributed by atoms with Crippen LogP contribution in [0.4, 0.5) is 10.1 Å². The minimum Gasteiger partial charge on any atom is -0.465 e. The molecule has 2 heterocycles. The van der Waals surface area contributed by atoms with Crippen LogP contribution in [-0.2, 0) is 14.3 Å². The Morgan fingerprint density at radius 3 is 2.24 bits per heavy atom. The average Bonchev–Trinajstić information content (AvgIpc) is 3.20. The number of carbonyl (C=O) groups excluding carboxylic acids is 2. The standard InChI is InChI=1S/C28H27FN2O3/c1-16-10-9-11-17(2)26(16)30-18(3)14-21(19(30)4)15-22-25(28(33)34-6)20(5)31(27(22)32)24-13-8-7-12-23(24)29/h7-15H,1-6H3/b22-15-. The van der Waals surface area contributed by atoms with Gasteiger partial charge in [-0.3, -0.25) is 9.69 Å². The SMILES string of the molecule is COC(=O)C1=C(C)N(c2ccccc2F)C(=O)/C1=C\c1cc(C)n(-c2c(C)cccc2C)c1C. The predicted octanol–water partition coefficient (Wildman–Crippen LogP) is 5.73. The second-order valence-corrected chi connectivity index (χ2v) is 8.50. The fourth-order valence-corrected chi connectivity index (χ4v) is 4.69. The van der Waals surface area contributed by atoms with Crippen LogP contribution in [0.2, 0.25) is 0 Å². The van der Waals surface area contributed by atoms with Gasteiger partial charge < -0.3 is 9.30 Å². The van der Waals surface area contributed by atoms with Gasteiger partial charge in [-0.15, -0.1) is 0 Å². The smallest absolute Gasteiger partial charge is 0.340 e. The number of para-hydroxylation sites is 2. The number of halogens is 1. The molecule has 5 nitrogen and oxygen atoms in total. The lowest BCUT2D eigenvalue weighted by molar-refractivity contribution is -0.136. The van der Waals surface area contributed by atoms with E-state index in [0.29, 0.717) is 5.70 Å². The largest absolute Gasteiger partial charge is 0.465 e. The molecule has 0 radical (unpaired) electrons. The third-order valence-corrected chi connectivity index (χ3v) is 6.32. The third-order valence-electron chi connectivity index (χ3n) is 6.32. The number of benzene rings is 2. The maximum Gasteiger partial charge on any atom is 0.340 e. The first kappa shape index (κ1) is 23.2. The summed E-state index contributed by atoms with van der Waals surface area (Å²) in [6, 6.07) is 14.1. The van der Waals surface area contributed by atoms with E-state index >= 15 is 0 Å². The molecule has 0 saturated carbocycles. The molecule has 0 fully saturated rings. The fraction of sp³-hybridized carbons (Fsp3) is 0.214. The summed E-state index contributed by atoms with van der Waals surface area (Å²) in [5, 5.41) is 0. The number of rotatable bonds is 4. The van der Waals surface area contributed by atoms with Gasteiger partial charge >= 0.3 is 5.97 Å². The quantitative estimate of drug-likeness (QED) is 0.371. The second kappa shape index (κ2) is 8.78. The number of carbonyl (C=O) groups is 2. The van der Waals surface area contributed by atoms with Gasteiger partial charge in [0.15, 0.2) is 0 Å². The lowest BCUT2D eigenvalue weighted by Gasteiger charge is -2.18. The highest BCUT2D eigenvalue weighted by atomic mass is 19.1. The molecule has 174 valence electrons. The maximum absolute atomic E-state index is 14.6. The monoisotopic (exact) mass is 458 g/mol. The minimum absolute atomic E-state index is 0.0933. The number of nitrogens with zero attached hydrogens (tertiary/aromatic N) is 2. The van der Waals surface area contributed by atoms with Crippen LogP contribution in [-0.4, -0.2) is 23.6 Å². The first-order valence-corrected chi connectivity index (χ1v) is 11.0. The van der Waals surface area contributed by atoms with E-state index in [0.717, 1.165) is 33.8 Å². The van der Waals surface area contributed by atoms with Crippen molar-refractivity contribution in [1.82, 2.24) is 4.57 Å². The van der Waals surface area contributed by atoms with E-state index in [1.165, 1.54) is 24.1 Å². The topological polar surface area (TPSA) is 51.5 Å². The molecule has 0 bridgehead atoms. The normalized spacial score (nSPS) is 15.0. The molecule has 0 unspecified atom stereocenters. The van der Waals surface area contributed by atoms with E-state index < -0.39 is 17.7 Å². The Morgan fingerprint density at radius 1 is 0.971 bits per heavy atom. The lowest BCUT2D eigenvalue weighted by atomic mass is 10.0. The van der Waals surface area contributed by atoms with Crippen molar-refractivity contribution in [3.05, 3.63) is 99.3 Å². The van der Waals surface area contributed by atoms with Crippen molar-refractivity contribution in [1.29, 1.82) is 0 Å². The Bertz CT molecular complexity index is 1370. The molecule has 1 aliphatic rings. The Labute approximate surface area is 198 Å². The molecule has 1 aliphatic heterocycles. The molecule has 1 amide bonds. The molecule has 0 spiro atoms. The maximum atomic E-state index is 14.6. The Balaban J connectivity index is 1.90. The summed E-state index contributed by atoms with van der Waals surface area (Å²) in [6.07, 6.45) is 1.70. The van der Waals surface area contributed by atoms with Gasteiger partial charge in [0.25, 0.3) is 5.91 Å². The van der Waals surface area contributed by atoms with Crippen LogP contribution >= 0.6 is 0 Å². The first-order chi connectivity index (χ1) is 16.2. The number of esters is 1. The van der Waals surface area contributed by atoms with Gasteiger partial charge in [0.1, 0.15) is 5.82 Å². The minimum atomic E-state index is -0.639. The van der Waals surface area contributed by atoms with Crippen molar-refractivity contribution in [2.45, 2.75) is 34.6 Å². The number of amides is 1. The van der Waals surface area contributed by atoms with Crippen LogP contribution in [0.15, 0.2) is 65.4 Å². The lowest BCUT2D eigenvalue weighted by Crippen LogP contribution is -2.25. The van der Waals surface area contributed by atoms with Gasteiger partial charge in [0.2, 0.25) is 0 Å². The predicted molar refractivity (Wildman–Crippen MR) is 131 cm³/mol. The molecular weight excluding hydrogens is 431 g/mol. The number of hydrogen-bond donors (Lipinski definition) is 0. The Hall–Kier alpha value is -3.93. The zero-order valence-corrected chi connectivity index (χ0v) is 20.2. The van der Waals surface area contributed by atoms with Gasteiger partial charge in [-0.25, -0.2) is 9.18 Å². The molecule has 1 aromatic heterocycles. The number of ether oxygens (including phenoxy) is 1. The van der Waals surface area contributed by atoms with Crippen LogP contribution in [0.5, 0.6) is 0 Å². The van der Waals surface area contributed by atoms with Gasteiger partial charge in [-0.2, -0.15) is 0 Å². The van der Waals surface area contributed by atoms with Crippen molar-refractivity contribution in [2.24, 2.45) is 0 Å². The highest BCUT2D eigenvalue weighted by Gasteiger charge is 2.39. The van der Waals surface area contributed by atoms with Crippen molar-refractivity contribution >= 4 is 23.6 Å². The molecule has 0 atom stereocenters. The number of aryl methyl sites for hydroxylation is 3. The number of allylic oxidation sites excluding steroid dienone is 1. The fourth-order valence-electron chi connectivity index (χ4n) is 4.69. The van der Waals surface area contributed by atoms with Crippen LogP contribution in [0.1, 0.15) is 35.0 Å². The molecule has 0 saturated heterocycles. The number of hydrogen-bond acceptors (Lipinski definition) is 3. The Morgan fingerprint density at radius 2 is 1.62 bits per heavy atom. The number of methoxy groups -OCH3 is 1. The van der Waals surface area contributed by atoms with Crippen LogP contribution in [0, 0.1) is 33.5 Å². The second-order valence-electron chi connectivity index (χ2n) is 8.50. The van der Waals surface area contributed by atoms with E-state index in [2.05, 4.69) is 30.5 Å². The average molecular weight is 459 g/mol. The summed E-state index contributed by atoms with van der Waals surface area (Å²) in [4.78, 5) is 27.5. The number of aromatic nitrogens is 1. The summed E-state index contributed by atoms with van der Waals surface area (Å²) in [7, 11) is 1.27. The summed E-state index contributed by atoms with van der Waals surface area (Å²) >= 11 is 0. The Kier molecular flexibility index (Phi) is 6.00. The summed E-state index contributed by atoms with van der Waals surface area (Å²) in [5.41, 5.74) is 6.82. The zero-order valence-electron chi connectivity index (χ0n) is 20.2. The van der Waals surface area contributed by atoms with Crippen molar-refractivity contribution in [3.8, 4) is 5.69 Å². The van der Waals surface area contributed by atoms with Crippen molar-refractivity contribution < 1.29 is 18.7 Å². The molecule has 34 heavy (non-hydrogen) atoms. The molecule has 6 heteroatoms. The first-order valence-electron chi connectivity index (χ1n) is 11.0.